The van der Waals surface area contributed by atoms with Gasteiger partial charge >= 0.3 is 0 Å². The number of amides is 2. The van der Waals surface area contributed by atoms with Crippen molar-refractivity contribution in [1.82, 2.24) is 10.6 Å². The largest absolute Gasteiger partial charge is 0.459 e. The van der Waals surface area contributed by atoms with Crippen LogP contribution in [0.2, 0.25) is 0 Å². The standard InChI is InChI=1S/C25H27N5O3/c1-2-26-25(28-16-18-14-23(31)30-21-10-4-3-9-20(18)21)27-15-17-7-5-8-19(13-17)29-24(32)22-11-6-12-33-22/h3-13,18H,2,14-16H2,1H3,(H,29,32)(H,30,31)(H2,26,27,28). The van der Waals surface area contributed by atoms with Gasteiger partial charge in [-0.15, -0.1) is 0 Å². The highest BCUT2D eigenvalue weighted by Crippen LogP contribution is 2.31. The first kappa shape index (κ1) is 22.1. The van der Waals surface area contributed by atoms with Crippen LogP contribution in [0.1, 0.15) is 40.9 Å². The van der Waals surface area contributed by atoms with Crippen LogP contribution >= 0.6 is 0 Å². The molecule has 0 radical (unpaired) electrons. The molecule has 0 saturated heterocycles. The smallest absolute Gasteiger partial charge is 0.291 e. The van der Waals surface area contributed by atoms with E-state index in [-0.39, 0.29) is 23.5 Å². The molecule has 33 heavy (non-hydrogen) atoms. The van der Waals surface area contributed by atoms with Crippen molar-refractivity contribution in [1.29, 1.82) is 0 Å². The minimum Gasteiger partial charge on any atom is -0.459 e. The van der Waals surface area contributed by atoms with Crippen LogP contribution in [-0.4, -0.2) is 30.9 Å². The summed E-state index contributed by atoms with van der Waals surface area (Å²) >= 11 is 0. The van der Waals surface area contributed by atoms with Gasteiger partial charge in [0.25, 0.3) is 5.91 Å². The summed E-state index contributed by atoms with van der Waals surface area (Å²) in [7, 11) is 0. The van der Waals surface area contributed by atoms with Crippen LogP contribution in [0.3, 0.4) is 0 Å². The molecule has 1 aliphatic rings. The molecule has 0 aliphatic carbocycles. The molecule has 0 saturated carbocycles. The predicted molar refractivity (Wildman–Crippen MR) is 128 cm³/mol. The Kier molecular flexibility index (Phi) is 7.04. The average molecular weight is 446 g/mol. The first-order valence-electron chi connectivity index (χ1n) is 11.0. The normalized spacial score (nSPS) is 15.4. The third-order valence-electron chi connectivity index (χ3n) is 5.32. The number of anilines is 2. The summed E-state index contributed by atoms with van der Waals surface area (Å²) in [6.07, 6.45) is 1.90. The molecule has 1 unspecified atom stereocenters. The first-order valence-corrected chi connectivity index (χ1v) is 11.0. The van der Waals surface area contributed by atoms with E-state index in [2.05, 4.69) is 26.3 Å². The average Bonchev–Trinajstić information content (AvgIpc) is 3.36. The zero-order valence-electron chi connectivity index (χ0n) is 18.4. The summed E-state index contributed by atoms with van der Waals surface area (Å²) in [5.41, 5.74) is 3.62. The maximum atomic E-state index is 12.2. The van der Waals surface area contributed by atoms with Crippen LogP contribution in [0, 0.1) is 0 Å². The van der Waals surface area contributed by atoms with Crippen molar-refractivity contribution in [2.24, 2.45) is 4.99 Å². The van der Waals surface area contributed by atoms with E-state index < -0.39 is 0 Å². The van der Waals surface area contributed by atoms with Gasteiger partial charge in [0, 0.05) is 36.8 Å². The van der Waals surface area contributed by atoms with Crippen molar-refractivity contribution in [3.05, 3.63) is 83.8 Å². The predicted octanol–water partition coefficient (Wildman–Crippen LogP) is 3.71. The van der Waals surface area contributed by atoms with E-state index >= 15 is 0 Å². The molecule has 170 valence electrons. The molecule has 4 rings (SSSR count). The summed E-state index contributed by atoms with van der Waals surface area (Å²) in [4.78, 5) is 29.0. The Hall–Kier alpha value is -4.07. The van der Waals surface area contributed by atoms with Gasteiger partial charge in [0.05, 0.1) is 12.8 Å². The summed E-state index contributed by atoms with van der Waals surface area (Å²) < 4.78 is 5.13. The number of hydrogen-bond donors (Lipinski definition) is 4. The molecule has 2 heterocycles. The molecule has 1 aliphatic heterocycles. The molecular formula is C25H27N5O3. The highest BCUT2D eigenvalue weighted by atomic mass is 16.3. The highest BCUT2D eigenvalue weighted by molar-refractivity contribution is 6.02. The van der Waals surface area contributed by atoms with Crippen LogP contribution in [0.15, 0.2) is 76.3 Å². The van der Waals surface area contributed by atoms with Crippen LogP contribution in [0.4, 0.5) is 11.4 Å². The number of nitrogens with zero attached hydrogens (tertiary/aromatic N) is 1. The van der Waals surface area contributed by atoms with Gasteiger partial charge in [0.15, 0.2) is 11.7 Å². The lowest BCUT2D eigenvalue weighted by molar-refractivity contribution is -0.116. The van der Waals surface area contributed by atoms with Crippen LogP contribution < -0.4 is 21.3 Å². The molecule has 4 N–H and O–H groups in total. The molecule has 0 bridgehead atoms. The molecule has 2 aromatic carbocycles. The van der Waals surface area contributed by atoms with Gasteiger partial charge in [-0.3, -0.25) is 9.59 Å². The zero-order valence-corrected chi connectivity index (χ0v) is 18.4. The second-order valence-corrected chi connectivity index (χ2v) is 7.74. The minimum atomic E-state index is -0.299. The van der Waals surface area contributed by atoms with E-state index in [0.717, 1.165) is 16.8 Å². The maximum absolute atomic E-state index is 12.2. The topological polar surface area (TPSA) is 108 Å². The van der Waals surface area contributed by atoms with E-state index in [1.165, 1.54) is 6.26 Å². The fourth-order valence-corrected chi connectivity index (χ4v) is 3.76. The quantitative estimate of drug-likeness (QED) is 0.328. The Morgan fingerprint density at radius 2 is 2.00 bits per heavy atom. The van der Waals surface area contributed by atoms with Crippen LogP contribution in [0.5, 0.6) is 0 Å². The molecule has 0 fully saturated rings. The van der Waals surface area contributed by atoms with Gasteiger partial charge in [0.2, 0.25) is 5.91 Å². The summed E-state index contributed by atoms with van der Waals surface area (Å²) in [5, 5.41) is 12.4. The minimum absolute atomic E-state index is 0.0239. The van der Waals surface area contributed by atoms with Gasteiger partial charge in [-0.1, -0.05) is 30.3 Å². The lowest BCUT2D eigenvalue weighted by atomic mass is 9.90. The maximum Gasteiger partial charge on any atom is 0.291 e. The number of guanidine groups is 1. The number of benzene rings is 2. The van der Waals surface area contributed by atoms with Gasteiger partial charge in [-0.25, -0.2) is 4.99 Å². The second kappa shape index (κ2) is 10.5. The fraction of sp³-hybridized carbons (Fsp3) is 0.240. The van der Waals surface area contributed by atoms with E-state index in [1.807, 2.05) is 55.5 Å². The number of furan rings is 1. The number of aliphatic imine (C=N–C) groups is 1. The number of carbonyl (C=O) groups excluding carboxylic acids is 2. The number of nitrogens with one attached hydrogen (secondary N) is 4. The molecule has 1 atom stereocenters. The van der Waals surface area contributed by atoms with Gasteiger partial charge in [0.1, 0.15) is 0 Å². The zero-order chi connectivity index (χ0) is 23.0. The third kappa shape index (κ3) is 5.79. The monoisotopic (exact) mass is 445 g/mol. The van der Waals surface area contributed by atoms with E-state index in [4.69, 9.17) is 4.42 Å². The molecule has 3 aromatic rings. The van der Waals surface area contributed by atoms with Crippen molar-refractivity contribution >= 4 is 29.1 Å². The van der Waals surface area contributed by atoms with E-state index in [1.54, 1.807) is 12.1 Å². The molecule has 8 heteroatoms. The van der Waals surface area contributed by atoms with Crippen molar-refractivity contribution in [3.8, 4) is 0 Å². The SMILES string of the molecule is CCNC(=NCc1cccc(NC(=O)c2ccco2)c1)NCC1CC(=O)Nc2ccccc21. The van der Waals surface area contributed by atoms with Crippen LogP contribution in [0.25, 0.3) is 0 Å². The van der Waals surface area contributed by atoms with Crippen LogP contribution in [-0.2, 0) is 11.3 Å². The summed E-state index contributed by atoms with van der Waals surface area (Å²) in [6.45, 7) is 3.75. The molecule has 1 aromatic heterocycles. The summed E-state index contributed by atoms with van der Waals surface area (Å²) in [5.74, 6) is 0.725. The number of fused-ring (bicyclic) bond motifs is 1. The highest BCUT2D eigenvalue weighted by Gasteiger charge is 2.24. The molecule has 8 nitrogen and oxygen atoms in total. The number of carbonyl (C=O) groups is 2. The summed E-state index contributed by atoms with van der Waals surface area (Å²) in [6, 6.07) is 18.7. The molecular weight excluding hydrogens is 418 g/mol. The van der Waals surface area contributed by atoms with E-state index in [0.29, 0.717) is 37.7 Å². The number of hydrogen-bond acceptors (Lipinski definition) is 4. The Bertz CT molecular complexity index is 1140. The second-order valence-electron chi connectivity index (χ2n) is 7.74. The lowest BCUT2D eigenvalue weighted by Crippen LogP contribution is -2.40. The van der Waals surface area contributed by atoms with Gasteiger partial charge < -0.3 is 25.7 Å². The molecule has 0 spiro atoms. The molecule has 2 amide bonds. The van der Waals surface area contributed by atoms with Gasteiger partial charge in [-0.05, 0) is 48.4 Å². The first-order chi connectivity index (χ1) is 16.1. The lowest BCUT2D eigenvalue weighted by Gasteiger charge is -2.26. The Balaban J connectivity index is 1.39. The third-order valence-corrected chi connectivity index (χ3v) is 5.32. The Morgan fingerprint density at radius 1 is 1.12 bits per heavy atom. The van der Waals surface area contributed by atoms with Gasteiger partial charge in [-0.2, -0.15) is 0 Å². The Morgan fingerprint density at radius 3 is 2.82 bits per heavy atom. The van der Waals surface area contributed by atoms with Crippen molar-refractivity contribution in [2.75, 3.05) is 23.7 Å². The van der Waals surface area contributed by atoms with Crippen molar-refractivity contribution in [2.45, 2.75) is 25.8 Å². The van der Waals surface area contributed by atoms with E-state index in [9.17, 15) is 9.59 Å². The number of rotatable bonds is 7. The van der Waals surface area contributed by atoms with Crippen molar-refractivity contribution < 1.29 is 14.0 Å². The number of para-hydroxylation sites is 1. The fourth-order valence-electron chi connectivity index (χ4n) is 3.76. The van der Waals surface area contributed by atoms with Crippen molar-refractivity contribution in [3.63, 3.8) is 0 Å². The Labute approximate surface area is 192 Å².